The van der Waals surface area contributed by atoms with Crippen molar-refractivity contribution >= 4 is 17.5 Å². The molecule has 1 fully saturated rings. The number of amides is 1. The van der Waals surface area contributed by atoms with Crippen LogP contribution in [0.25, 0.3) is 0 Å². The van der Waals surface area contributed by atoms with Gasteiger partial charge in [0.1, 0.15) is 17.8 Å². The number of nitrogens with zero attached hydrogens (tertiary/aromatic N) is 3. The minimum absolute atomic E-state index is 0.140. The number of rotatable bonds is 3. The van der Waals surface area contributed by atoms with Crippen LogP contribution in [0.15, 0.2) is 36.8 Å². The van der Waals surface area contributed by atoms with Crippen molar-refractivity contribution in [3.63, 3.8) is 0 Å². The smallest absolute Gasteiger partial charge is 0.274 e. The quantitative estimate of drug-likeness (QED) is 0.930. The summed E-state index contributed by atoms with van der Waals surface area (Å²) in [5.41, 5.74) is 1.18. The Morgan fingerprint density at radius 3 is 3.04 bits per heavy atom. The topological polar surface area (TPSA) is 67.3 Å². The van der Waals surface area contributed by atoms with Crippen LogP contribution in [0.5, 0.6) is 5.75 Å². The fourth-order valence-corrected chi connectivity index (χ4v) is 2.96. The highest BCUT2D eigenvalue weighted by Crippen LogP contribution is 2.31. The Hall–Kier alpha value is -2.18. The van der Waals surface area contributed by atoms with E-state index < -0.39 is 0 Å². The van der Waals surface area contributed by atoms with Crippen molar-refractivity contribution in [3.05, 3.63) is 53.1 Å². The van der Waals surface area contributed by atoms with Crippen LogP contribution in [-0.2, 0) is 0 Å². The molecule has 0 bridgehead atoms. The van der Waals surface area contributed by atoms with Gasteiger partial charge in [-0.05, 0) is 6.07 Å². The third-order valence-electron chi connectivity index (χ3n) is 3.87. The second-order valence-electron chi connectivity index (χ2n) is 5.18. The molecule has 1 aromatic heterocycles. The predicted octanol–water partition coefficient (Wildman–Crippen LogP) is 1.93. The lowest BCUT2D eigenvalue weighted by atomic mass is 10.0. The first-order valence-electron chi connectivity index (χ1n) is 7.32. The van der Waals surface area contributed by atoms with Gasteiger partial charge in [-0.1, -0.05) is 29.8 Å². The SMILES string of the molecule is COc1ccccc1C1CNCCN1C(=O)c1ncncc1Cl. The summed E-state index contributed by atoms with van der Waals surface area (Å²) in [6.45, 7) is 1.94. The summed E-state index contributed by atoms with van der Waals surface area (Å²) in [5.74, 6) is 0.558. The zero-order chi connectivity index (χ0) is 16.2. The highest BCUT2D eigenvalue weighted by molar-refractivity contribution is 6.33. The van der Waals surface area contributed by atoms with Crippen LogP contribution >= 0.6 is 11.6 Å². The average Bonchev–Trinajstić information content (AvgIpc) is 2.61. The lowest BCUT2D eigenvalue weighted by Crippen LogP contribution is -2.49. The lowest BCUT2D eigenvalue weighted by Gasteiger charge is -2.37. The molecule has 2 aromatic rings. The minimum atomic E-state index is -0.199. The molecule has 120 valence electrons. The van der Waals surface area contributed by atoms with Crippen molar-refractivity contribution in [2.24, 2.45) is 0 Å². The molecule has 1 atom stereocenters. The van der Waals surface area contributed by atoms with E-state index in [2.05, 4.69) is 15.3 Å². The van der Waals surface area contributed by atoms with Crippen LogP contribution in [0.4, 0.5) is 0 Å². The van der Waals surface area contributed by atoms with Gasteiger partial charge in [0.2, 0.25) is 0 Å². The van der Waals surface area contributed by atoms with Crippen LogP contribution in [0.3, 0.4) is 0 Å². The molecule has 0 radical (unpaired) electrons. The number of aromatic nitrogens is 2. The first-order valence-corrected chi connectivity index (χ1v) is 7.70. The Bertz CT molecular complexity index is 710. The number of piperazine rings is 1. The number of para-hydroxylation sites is 1. The summed E-state index contributed by atoms with van der Waals surface area (Å²) in [6.07, 6.45) is 2.77. The number of hydrogen-bond donors (Lipinski definition) is 1. The van der Waals surface area contributed by atoms with E-state index in [1.54, 1.807) is 12.0 Å². The fourth-order valence-electron chi connectivity index (χ4n) is 2.77. The van der Waals surface area contributed by atoms with Crippen molar-refractivity contribution < 1.29 is 9.53 Å². The number of halogens is 1. The van der Waals surface area contributed by atoms with Crippen molar-refractivity contribution in [3.8, 4) is 5.75 Å². The molecular weight excluding hydrogens is 316 g/mol. The average molecular weight is 333 g/mol. The van der Waals surface area contributed by atoms with E-state index in [9.17, 15) is 4.79 Å². The van der Waals surface area contributed by atoms with Crippen LogP contribution in [0, 0.1) is 0 Å². The second kappa shape index (κ2) is 6.93. The van der Waals surface area contributed by atoms with Gasteiger partial charge < -0.3 is 15.0 Å². The van der Waals surface area contributed by atoms with Gasteiger partial charge in [0.05, 0.1) is 18.2 Å². The summed E-state index contributed by atoms with van der Waals surface area (Å²) in [4.78, 5) is 22.5. The lowest BCUT2D eigenvalue weighted by molar-refractivity contribution is 0.0625. The van der Waals surface area contributed by atoms with E-state index in [4.69, 9.17) is 16.3 Å². The minimum Gasteiger partial charge on any atom is -0.496 e. The number of benzene rings is 1. The molecule has 1 aromatic carbocycles. The molecule has 3 rings (SSSR count). The van der Waals surface area contributed by atoms with Crippen LogP contribution in [-0.4, -0.2) is 47.5 Å². The van der Waals surface area contributed by atoms with Gasteiger partial charge in [-0.25, -0.2) is 9.97 Å². The first kappa shape index (κ1) is 15.7. The number of ether oxygens (including phenoxy) is 1. The van der Waals surface area contributed by atoms with Gasteiger partial charge in [-0.15, -0.1) is 0 Å². The number of nitrogens with one attached hydrogen (secondary N) is 1. The summed E-state index contributed by atoms with van der Waals surface area (Å²) in [6, 6.07) is 7.57. The number of methoxy groups -OCH3 is 1. The normalized spacial score (nSPS) is 17.8. The van der Waals surface area contributed by atoms with Crippen molar-refractivity contribution in [2.45, 2.75) is 6.04 Å². The van der Waals surface area contributed by atoms with Crippen LogP contribution in [0.2, 0.25) is 5.02 Å². The molecule has 1 amide bonds. The maximum absolute atomic E-state index is 12.9. The van der Waals surface area contributed by atoms with Gasteiger partial charge in [-0.2, -0.15) is 0 Å². The molecule has 2 heterocycles. The molecule has 1 aliphatic heterocycles. The number of carbonyl (C=O) groups is 1. The highest BCUT2D eigenvalue weighted by Gasteiger charge is 2.31. The summed E-state index contributed by atoms with van der Waals surface area (Å²) in [7, 11) is 1.63. The van der Waals surface area contributed by atoms with Crippen molar-refractivity contribution in [1.82, 2.24) is 20.2 Å². The molecule has 23 heavy (non-hydrogen) atoms. The number of hydrogen-bond acceptors (Lipinski definition) is 5. The van der Waals surface area contributed by atoms with Gasteiger partial charge in [0.15, 0.2) is 0 Å². The second-order valence-corrected chi connectivity index (χ2v) is 5.59. The van der Waals surface area contributed by atoms with Gasteiger partial charge in [-0.3, -0.25) is 4.79 Å². The summed E-state index contributed by atoms with van der Waals surface area (Å²) in [5, 5.41) is 3.58. The largest absolute Gasteiger partial charge is 0.496 e. The highest BCUT2D eigenvalue weighted by atomic mass is 35.5. The number of carbonyl (C=O) groups excluding carboxylic acids is 1. The third-order valence-corrected chi connectivity index (χ3v) is 4.15. The zero-order valence-electron chi connectivity index (χ0n) is 12.7. The standard InChI is InChI=1S/C16H17ClN4O2/c1-23-14-5-3-2-4-11(14)13-9-18-6-7-21(13)16(22)15-12(17)8-19-10-20-15/h2-5,8,10,13,18H,6-7,9H2,1H3. The van der Waals surface area contributed by atoms with Crippen molar-refractivity contribution in [1.29, 1.82) is 0 Å². The van der Waals surface area contributed by atoms with Crippen molar-refractivity contribution in [2.75, 3.05) is 26.7 Å². The van der Waals surface area contributed by atoms with E-state index in [0.29, 0.717) is 13.1 Å². The third kappa shape index (κ3) is 3.13. The molecule has 7 heteroatoms. The van der Waals surface area contributed by atoms with Gasteiger partial charge >= 0.3 is 0 Å². The molecule has 1 aliphatic rings. The molecule has 1 unspecified atom stereocenters. The first-order chi connectivity index (χ1) is 11.2. The van der Waals surface area contributed by atoms with Gasteiger partial charge in [0.25, 0.3) is 5.91 Å². The Morgan fingerprint density at radius 2 is 2.26 bits per heavy atom. The Balaban J connectivity index is 1.96. The van der Waals surface area contributed by atoms with E-state index in [-0.39, 0.29) is 22.7 Å². The summed E-state index contributed by atoms with van der Waals surface area (Å²) < 4.78 is 5.44. The fraction of sp³-hybridized carbons (Fsp3) is 0.312. The molecule has 1 saturated heterocycles. The maximum Gasteiger partial charge on any atom is 0.274 e. The molecule has 0 spiro atoms. The molecule has 6 nitrogen and oxygen atoms in total. The Kier molecular flexibility index (Phi) is 4.73. The Morgan fingerprint density at radius 1 is 1.43 bits per heavy atom. The molecule has 0 saturated carbocycles. The molecule has 1 N–H and O–H groups in total. The van der Waals surface area contributed by atoms with Gasteiger partial charge in [0, 0.05) is 31.4 Å². The predicted molar refractivity (Wildman–Crippen MR) is 86.7 cm³/mol. The Labute approximate surface area is 139 Å². The van der Waals surface area contributed by atoms with E-state index in [0.717, 1.165) is 17.9 Å². The van der Waals surface area contributed by atoms with Crippen LogP contribution < -0.4 is 10.1 Å². The molecule has 0 aliphatic carbocycles. The van der Waals surface area contributed by atoms with E-state index in [1.807, 2.05) is 24.3 Å². The van der Waals surface area contributed by atoms with E-state index in [1.165, 1.54) is 12.5 Å². The maximum atomic E-state index is 12.9. The zero-order valence-corrected chi connectivity index (χ0v) is 13.5. The monoisotopic (exact) mass is 332 g/mol. The van der Waals surface area contributed by atoms with E-state index >= 15 is 0 Å². The summed E-state index contributed by atoms with van der Waals surface area (Å²) >= 11 is 6.08. The van der Waals surface area contributed by atoms with Crippen LogP contribution in [0.1, 0.15) is 22.1 Å². The molecular formula is C16H17ClN4O2.